The van der Waals surface area contributed by atoms with Crippen LogP contribution in [0.1, 0.15) is 62.4 Å². The van der Waals surface area contributed by atoms with Gasteiger partial charge in [-0.25, -0.2) is 15.0 Å². The highest BCUT2D eigenvalue weighted by Crippen LogP contribution is 2.41. The van der Waals surface area contributed by atoms with Crippen LogP contribution in [0.3, 0.4) is 0 Å². The van der Waals surface area contributed by atoms with E-state index in [4.69, 9.17) is 0 Å². The van der Waals surface area contributed by atoms with E-state index in [0.29, 0.717) is 13.1 Å². The van der Waals surface area contributed by atoms with E-state index in [1.807, 2.05) is 35.9 Å². The summed E-state index contributed by atoms with van der Waals surface area (Å²) in [5.74, 6) is 1.99. The van der Waals surface area contributed by atoms with E-state index in [1.54, 1.807) is 12.4 Å². The van der Waals surface area contributed by atoms with Gasteiger partial charge in [0.25, 0.3) is 5.91 Å². The summed E-state index contributed by atoms with van der Waals surface area (Å²) in [6.45, 7) is 11.2. The monoisotopic (exact) mass is 558 g/mol. The summed E-state index contributed by atoms with van der Waals surface area (Å²) in [4.78, 5) is 41.5. The zero-order valence-corrected chi connectivity index (χ0v) is 24.2. The van der Waals surface area contributed by atoms with E-state index in [9.17, 15) is 4.79 Å². The fraction of sp³-hybridized carbons (Fsp3) is 0.467. The van der Waals surface area contributed by atoms with Crippen molar-refractivity contribution in [2.75, 3.05) is 26.2 Å². The van der Waals surface area contributed by atoms with Crippen LogP contribution in [-0.2, 0) is 26.2 Å². The molecule has 0 bridgehead atoms. The molecule has 2 fully saturated rings. The number of aryl methyl sites for hydroxylation is 2. The third-order valence-corrected chi connectivity index (χ3v) is 9.53. The van der Waals surface area contributed by atoms with Crippen molar-refractivity contribution in [2.24, 2.45) is 5.41 Å². The molecule has 210 valence electrons. The van der Waals surface area contributed by atoms with E-state index in [1.165, 1.54) is 10.6 Å². The number of imidazole rings is 2. The van der Waals surface area contributed by atoms with Gasteiger partial charge in [0.05, 0.1) is 23.8 Å². The first-order chi connectivity index (χ1) is 19.4. The molecule has 40 heavy (non-hydrogen) atoms. The molecule has 0 unspecified atom stereocenters. The molecule has 2 saturated heterocycles. The third-order valence-electron chi connectivity index (χ3n) is 8.47. The Hall–Kier alpha value is -3.34. The molecule has 1 spiro atoms. The van der Waals surface area contributed by atoms with Gasteiger partial charge in [-0.1, -0.05) is 12.1 Å². The Balaban J connectivity index is 1.03. The number of nitrogens with one attached hydrogen (secondary N) is 2. The van der Waals surface area contributed by atoms with E-state index in [2.05, 4.69) is 65.6 Å². The summed E-state index contributed by atoms with van der Waals surface area (Å²) in [5.41, 5.74) is 3.38. The number of aromatic amines is 2. The fourth-order valence-corrected chi connectivity index (χ4v) is 7.16. The number of H-pyrrole nitrogens is 2. The number of amides is 1. The van der Waals surface area contributed by atoms with Crippen LogP contribution in [0.5, 0.6) is 0 Å². The number of carbonyl (C=O) groups is 1. The second kappa shape index (κ2) is 11.6. The SMILES string of the molecule is Cc1nc(C)c(CN2CCC3(CC2)CCN(C(=O)c2ccc(CN(Cc4ncc[nH]4)Cc4ncc[nH]4)cc2)C3)s1. The molecule has 1 aromatic carbocycles. The standard InChI is InChI=1S/C30H38N8OS/c1-22-26(40-23(2)35-22)18-36-14-7-30(8-15-36)9-16-38(21-30)29(39)25-5-3-24(4-6-25)17-37(19-27-31-10-11-32-27)20-28-33-12-13-34-28/h3-6,10-13H,7-9,14-21H2,1-2H3,(H,31,32)(H,33,34). The largest absolute Gasteiger partial charge is 0.348 e. The van der Waals surface area contributed by atoms with Crippen molar-refractivity contribution >= 4 is 17.2 Å². The lowest BCUT2D eigenvalue weighted by Gasteiger charge is -2.39. The number of hydrogen-bond donors (Lipinski definition) is 2. The summed E-state index contributed by atoms with van der Waals surface area (Å²) >= 11 is 1.82. The maximum atomic E-state index is 13.4. The molecule has 1 amide bonds. The first-order valence-corrected chi connectivity index (χ1v) is 15.0. The minimum absolute atomic E-state index is 0.157. The number of carbonyl (C=O) groups excluding carboxylic acids is 1. The number of nitrogens with zero attached hydrogens (tertiary/aromatic N) is 6. The lowest BCUT2D eigenvalue weighted by atomic mass is 9.78. The summed E-state index contributed by atoms with van der Waals surface area (Å²) < 4.78 is 0. The molecule has 2 N–H and O–H groups in total. The minimum Gasteiger partial charge on any atom is -0.348 e. The van der Waals surface area contributed by atoms with E-state index < -0.39 is 0 Å². The molecular formula is C30H38N8OS. The molecule has 3 aromatic heterocycles. The van der Waals surface area contributed by atoms with Crippen LogP contribution in [0.15, 0.2) is 49.1 Å². The Bertz CT molecular complexity index is 1350. The van der Waals surface area contributed by atoms with Crippen molar-refractivity contribution in [3.8, 4) is 0 Å². The van der Waals surface area contributed by atoms with Crippen molar-refractivity contribution in [3.63, 3.8) is 0 Å². The van der Waals surface area contributed by atoms with Gasteiger partial charge in [0.1, 0.15) is 11.6 Å². The van der Waals surface area contributed by atoms with Gasteiger partial charge in [0.2, 0.25) is 0 Å². The highest BCUT2D eigenvalue weighted by Gasteiger charge is 2.42. The second-order valence-corrected chi connectivity index (χ2v) is 12.7. The van der Waals surface area contributed by atoms with E-state index in [-0.39, 0.29) is 11.3 Å². The molecule has 0 radical (unpaired) electrons. The topological polar surface area (TPSA) is 97.0 Å². The maximum Gasteiger partial charge on any atom is 0.253 e. The third kappa shape index (κ3) is 6.19. The van der Waals surface area contributed by atoms with Crippen molar-refractivity contribution in [1.29, 1.82) is 0 Å². The van der Waals surface area contributed by atoms with E-state index in [0.717, 1.165) is 86.3 Å². The number of aromatic nitrogens is 5. The van der Waals surface area contributed by atoms with Gasteiger partial charge in [-0.2, -0.15) is 0 Å². The van der Waals surface area contributed by atoms with Crippen LogP contribution < -0.4 is 0 Å². The summed E-state index contributed by atoms with van der Waals surface area (Å²) in [5, 5.41) is 1.15. The second-order valence-electron chi connectivity index (χ2n) is 11.4. The Kier molecular flexibility index (Phi) is 7.82. The van der Waals surface area contributed by atoms with Crippen LogP contribution in [0, 0.1) is 19.3 Å². The molecule has 6 rings (SSSR count). The molecule has 5 heterocycles. The van der Waals surface area contributed by atoms with Crippen LogP contribution >= 0.6 is 11.3 Å². The lowest BCUT2D eigenvalue weighted by Crippen LogP contribution is -2.41. The highest BCUT2D eigenvalue weighted by molar-refractivity contribution is 7.11. The predicted octanol–water partition coefficient (Wildman–Crippen LogP) is 4.54. The molecular weight excluding hydrogens is 520 g/mol. The molecule has 0 atom stereocenters. The molecule has 10 heteroatoms. The van der Waals surface area contributed by atoms with Gasteiger partial charge >= 0.3 is 0 Å². The first kappa shape index (κ1) is 26.9. The van der Waals surface area contributed by atoms with Crippen molar-refractivity contribution in [3.05, 3.63) is 87.4 Å². The van der Waals surface area contributed by atoms with Gasteiger partial charge < -0.3 is 14.9 Å². The van der Waals surface area contributed by atoms with Crippen LogP contribution in [-0.4, -0.2) is 71.7 Å². The number of rotatable bonds is 9. The zero-order valence-electron chi connectivity index (χ0n) is 23.4. The number of hydrogen-bond acceptors (Lipinski definition) is 7. The van der Waals surface area contributed by atoms with E-state index >= 15 is 0 Å². The Labute approximate surface area is 239 Å². The van der Waals surface area contributed by atoms with Crippen molar-refractivity contribution < 1.29 is 4.79 Å². The summed E-state index contributed by atoms with van der Waals surface area (Å²) in [6.07, 6.45) is 10.7. The van der Waals surface area contributed by atoms with Crippen LogP contribution in [0.2, 0.25) is 0 Å². The van der Waals surface area contributed by atoms with Crippen molar-refractivity contribution in [1.82, 2.24) is 39.6 Å². The van der Waals surface area contributed by atoms with Gasteiger partial charge in [-0.05, 0) is 69.3 Å². The molecule has 0 saturated carbocycles. The molecule has 4 aromatic rings. The Morgan fingerprint density at radius 3 is 2.17 bits per heavy atom. The number of thiazole rings is 1. The summed E-state index contributed by atoms with van der Waals surface area (Å²) in [6, 6.07) is 8.14. The smallest absolute Gasteiger partial charge is 0.253 e. The zero-order chi connectivity index (χ0) is 27.5. The maximum absolute atomic E-state index is 13.4. The minimum atomic E-state index is 0.157. The average molecular weight is 559 g/mol. The molecule has 9 nitrogen and oxygen atoms in total. The van der Waals surface area contributed by atoms with Gasteiger partial charge in [-0.3, -0.25) is 14.6 Å². The fourth-order valence-electron chi connectivity index (χ4n) is 6.18. The highest BCUT2D eigenvalue weighted by atomic mass is 32.1. The predicted molar refractivity (Wildman–Crippen MR) is 156 cm³/mol. The molecule has 2 aliphatic heterocycles. The van der Waals surface area contributed by atoms with Gasteiger partial charge in [0, 0.05) is 61.4 Å². The lowest BCUT2D eigenvalue weighted by molar-refractivity contribution is 0.0714. The van der Waals surface area contributed by atoms with Crippen LogP contribution in [0.4, 0.5) is 0 Å². The normalized spacial score (nSPS) is 17.3. The Morgan fingerprint density at radius 1 is 0.950 bits per heavy atom. The summed E-state index contributed by atoms with van der Waals surface area (Å²) in [7, 11) is 0. The van der Waals surface area contributed by atoms with Gasteiger partial charge in [0.15, 0.2) is 0 Å². The quantitative estimate of drug-likeness (QED) is 0.313. The number of likely N-dealkylation sites (tertiary alicyclic amines) is 2. The molecule has 0 aliphatic carbocycles. The first-order valence-electron chi connectivity index (χ1n) is 14.2. The van der Waals surface area contributed by atoms with Crippen molar-refractivity contribution in [2.45, 2.75) is 59.3 Å². The number of benzene rings is 1. The molecule has 2 aliphatic rings. The van der Waals surface area contributed by atoms with Crippen LogP contribution in [0.25, 0.3) is 0 Å². The average Bonchev–Trinajstić information content (AvgIpc) is 3.76. The number of piperidine rings is 1. The Morgan fingerprint density at radius 2 is 1.60 bits per heavy atom. The van der Waals surface area contributed by atoms with Gasteiger partial charge in [-0.15, -0.1) is 11.3 Å².